The number of anilines is 1. The maximum atomic E-state index is 13.3. The van der Waals surface area contributed by atoms with Crippen molar-refractivity contribution in [2.45, 2.75) is 6.92 Å². The van der Waals surface area contributed by atoms with Crippen LogP contribution in [0.5, 0.6) is 5.75 Å². The topological polar surface area (TPSA) is 45.7 Å². The highest BCUT2D eigenvalue weighted by atomic mass is 35.5. The van der Waals surface area contributed by atoms with Gasteiger partial charge in [-0.25, -0.2) is 4.98 Å². The second kappa shape index (κ2) is 8.66. The lowest BCUT2D eigenvalue weighted by molar-refractivity contribution is 0.0985. The number of fused-ring (bicyclic) bond motifs is 1. The van der Waals surface area contributed by atoms with E-state index in [9.17, 15) is 4.79 Å². The standard InChI is InChI=1S/C20H21Cl2N3O2S/c1-12-5-8-16(27-4)17-18(12)28-20(23-17)25(10-9-24(2)3)19(26)14-7-6-13(21)11-15(14)22/h5-8,11H,9-10H2,1-4H3. The number of carbonyl (C=O) groups excluding carboxylic acids is 1. The normalized spacial score (nSPS) is 11.2. The molecular formula is C20H21Cl2N3O2S. The molecule has 5 nitrogen and oxygen atoms in total. The van der Waals surface area contributed by atoms with Crippen molar-refractivity contribution < 1.29 is 9.53 Å². The first kappa shape index (κ1) is 20.9. The number of likely N-dealkylation sites (N-methyl/N-ethyl adjacent to an activating group) is 1. The maximum Gasteiger partial charge on any atom is 0.261 e. The molecular weight excluding hydrogens is 417 g/mol. The van der Waals surface area contributed by atoms with Gasteiger partial charge in [0.1, 0.15) is 11.3 Å². The smallest absolute Gasteiger partial charge is 0.261 e. The summed E-state index contributed by atoms with van der Waals surface area (Å²) in [6, 6.07) is 8.77. The number of ether oxygens (including phenoxy) is 1. The molecule has 1 heterocycles. The summed E-state index contributed by atoms with van der Waals surface area (Å²) in [5.41, 5.74) is 2.24. The van der Waals surface area contributed by atoms with Gasteiger partial charge in [0.15, 0.2) is 5.13 Å². The average Bonchev–Trinajstić information content (AvgIpc) is 3.08. The minimum absolute atomic E-state index is 0.209. The second-order valence-corrected chi connectivity index (χ2v) is 8.46. The lowest BCUT2D eigenvalue weighted by Gasteiger charge is -2.22. The van der Waals surface area contributed by atoms with Crippen molar-refractivity contribution in [3.8, 4) is 5.75 Å². The van der Waals surface area contributed by atoms with Crippen LogP contribution in [-0.4, -0.2) is 50.1 Å². The molecule has 2 aromatic carbocycles. The van der Waals surface area contributed by atoms with Crippen LogP contribution in [0.4, 0.5) is 5.13 Å². The van der Waals surface area contributed by atoms with E-state index in [0.717, 1.165) is 15.8 Å². The highest BCUT2D eigenvalue weighted by Crippen LogP contribution is 2.37. The summed E-state index contributed by atoms with van der Waals surface area (Å²) < 4.78 is 6.45. The van der Waals surface area contributed by atoms with E-state index in [0.29, 0.717) is 39.6 Å². The fourth-order valence-electron chi connectivity index (χ4n) is 2.77. The van der Waals surface area contributed by atoms with Crippen molar-refractivity contribution in [1.82, 2.24) is 9.88 Å². The number of carbonyl (C=O) groups is 1. The molecule has 0 saturated heterocycles. The fourth-order valence-corrected chi connectivity index (χ4v) is 4.34. The number of halogens is 2. The van der Waals surface area contributed by atoms with Crippen LogP contribution in [0.1, 0.15) is 15.9 Å². The molecule has 8 heteroatoms. The predicted molar refractivity (Wildman–Crippen MR) is 118 cm³/mol. The highest BCUT2D eigenvalue weighted by molar-refractivity contribution is 7.22. The molecule has 0 unspecified atom stereocenters. The van der Waals surface area contributed by atoms with Crippen molar-refractivity contribution in [3.63, 3.8) is 0 Å². The molecule has 0 aliphatic rings. The van der Waals surface area contributed by atoms with Crippen LogP contribution in [0.3, 0.4) is 0 Å². The number of methoxy groups -OCH3 is 1. The predicted octanol–water partition coefficient (Wildman–Crippen LogP) is 5.13. The van der Waals surface area contributed by atoms with Crippen LogP contribution < -0.4 is 9.64 Å². The van der Waals surface area contributed by atoms with Crippen LogP contribution in [0.25, 0.3) is 10.2 Å². The highest BCUT2D eigenvalue weighted by Gasteiger charge is 2.24. The zero-order chi connectivity index (χ0) is 20.4. The Morgan fingerprint density at radius 1 is 1.18 bits per heavy atom. The Hall–Kier alpha value is -1.86. The van der Waals surface area contributed by atoms with Crippen LogP contribution in [-0.2, 0) is 0 Å². The molecule has 0 aliphatic carbocycles. The fraction of sp³-hybridized carbons (Fsp3) is 0.300. The SMILES string of the molecule is COc1ccc(C)c2sc(N(CCN(C)C)C(=O)c3ccc(Cl)cc3Cl)nc12. The Morgan fingerprint density at radius 3 is 2.57 bits per heavy atom. The van der Waals surface area contributed by atoms with E-state index < -0.39 is 0 Å². The van der Waals surface area contributed by atoms with Crippen LogP contribution in [0, 0.1) is 6.92 Å². The van der Waals surface area contributed by atoms with Gasteiger partial charge in [0.2, 0.25) is 0 Å². The summed E-state index contributed by atoms with van der Waals surface area (Å²) in [6.07, 6.45) is 0. The molecule has 0 atom stereocenters. The molecule has 0 radical (unpaired) electrons. The zero-order valence-corrected chi connectivity index (χ0v) is 18.5. The molecule has 0 N–H and O–H groups in total. The van der Waals surface area contributed by atoms with E-state index in [1.165, 1.54) is 11.3 Å². The summed E-state index contributed by atoms with van der Waals surface area (Å²) in [5, 5.41) is 1.42. The van der Waals surface area contributed by atoms with Crippen LogP contribution in [0.15, 0.2) is 30.3 Å². The summed E-state index contributed by atoms with van der Waals surface area (Å²) in [5.74, 6) is 0.479. The van der Waals surface area contributed by atoms with Gasteiger partial charge >= 0.3 is 0 Å². The third-order valence-corrected chi connectivity index (χ3v) is 6.08. The Balaban J connectivity index is 2.08. The van der Waals surface area contributed by atoms with Crippen molar-refractivity contribution in [2.75, 3.05) is 39.2 Å². The van der Waals surface area contributed by atoms with Crippen molar-refractivity contribution in [2.24, 2.45) is 0 Å². The van der Waals surface area contributed by atoms with Gasteiger partial charge in [0, 0.05) is 18.1 Å². The molecule has 0 bridgehead atoms. The number of aryl methyl sites for hydroxylation is 1. The largest absolute Gasteiger partial charge is 0.494 e. The third kappa shape index (κ3) is 4.25. The summed E-state index contributed by atoms with van der Waals surface area (Å²) in [6.45, 7) is 3.18. The van der Waals surface area contributed by atoms with E-state index >= 15 is 0 Å². The maximum absolute atomic E-state index is 13.3. The molecule has 148 valence electrons. The number of hydrogen-bond donors (Lipinski definition) is 0. The Kier molecular flexibility index (Phi) is 6.45. The number of hydrogen-bond acceptors (Lipinski definition) is 5. The zero-order valence-electron chi connectivity index (χ0n) is 16.1. The van der Waals surface area contributed by atoms with Crippen molar-refractivity contribution in [3.05, 3.63) is 51.5 Å². The van der Waals surface area contributed by atoms with Gasteiger partial charge in [0.25, 0.3) is 5.91 Å². The average molecular weight is 438 g/mol. The Labute approximate surface area is 178 Å². The van der Waals surface area contributed by atoms with Crippen LogP contribution in [0.2, 0.25) is 10.0 Å². The van der Waals surface area contributed by atoms with E-state index in [1.54, 1.807) is 30.2 Å². The summed E-state index contributed by atoms with van der Waals surface area (Å²) >= 11 is 13.7. The van der Waals surface area contributed by atoms with Gasteiger partial charge in [0.05, 0.1) is 22.4 Å². The van der Waals surface area contributed by atoms with E-state index in [-0.39, 0.29) is 5.91 Å². The molecule has 0 saturated carbocycles. The number of aromatic nitrogens is 1. The molecule has 28 heavy (non-hydrogen) atoms. The quantitative estimate of drug-likeness (QED) is 0.536. The van der Waals surface area contributed by atoms with E-state index in [1.807, 2.05) is 38.1 Å². The van der Waals surface area contributed by atoms with Crippen molar-refractivity contribution >= 4 is 55.8 Å². The molecule has 3 rings (SSSR count). The first-order chi connectivity index (χ1) is 13.3. The molecule has 0 aliphatic heterocycles. The number of nitrogens with zero attached hydrogens (tertiary/aromatic N) is 3. The van der Waals surface area contributed by atoms with Crippen LogP contribution >= 0.6 is 34.5 Å². The number of rotatable bonds is 6. The van der Waals surface area contributed by atoms with Gasteiger partial charge in [-0.1, -0.05) is 40.6 Å². The first-order valence-electron chi connectivity index (χ1n) is 8.67. The third-order valence-electron chi connectivity index (χ3n) is 4.32. The van der Waals surface area contributed by atoms with Crippen molar-refractivity contribution in [1.29, 1.82) is 0 Å². The van der Waals surface area contributed by atoms with Gasteiger partial charge in [-0.05, 0) is 50.8 Å². The number of benzene rings is 2. The molecule has 1 aromatic heterocycles. The lowest BCUT2D eigenvalue weighted by Crippen LogP contribution is -2.36. The first-order valence-corrected chi connectivity index (χ1v) is 10.2. The summed E-state index contributed by atoms with van der Waals surface area (Å²) in [7, 11) is 5.54. The molecule has 1 amide bonds. The van der Waals surface area contributed by atoms with E-state index in [4.69, 9.17) is 32.9 Å². The minimum Gasteiger partial charge on any atom is -0.494 e. The van der Waals surface area contributed by atoms with Gasteiger partial charge in [-0.3, -0.25) is 9.69 Å². The Morgan fingerprint density at radius 2 is 1.93 bits per heavy atom. The monoisotopic (exact) mass is 437 g/mol. The van der Waals surface area contributed by atoms with Gasteiger partial charge < -0.3 is 9.64 Å². The molecule has 0 spiro atoms. The molecule has 3 aromatic rings. The summed E-state index contributed by atoms with van der Waals surface area (Å²) in [4.78, 5) is 21.7. The number of amides is 1. The number of thiazole rings is 1. The lowest BCUT2D eigenvalue weighted by atomic mass is 10.2. The Bertz CT molecular complexity index is 1020. The molecule has 0 fully saturated rings. The van der Waals surface area contributed by atoms with E-state index in [2.05, 4.69) is 0 Å². The minimum atomic E-state index is -0.209. The second-order valence-electron chi connectivity index (χ2n) is 6.64. The van der Waals surface area contributed by atoms with Gasteiger partial charge in [-0.2, -0.15) is 0 Å². The van der Waals surface area contributed by atoms with Gasteiger partial charge in [-0.15, -0.1) is 0 Å².